The third-order valence-electron chi connectivity index (χ3n) is 3.46. The average Bonchev–Trinajstić information content (AvgIpc) is 2.40. The summed E-state index contributed by atoms with van der Waals surface area (Å²) in [6.45, 7) is 0. The molecule has 2 unspecified atom stereocenters. The molecule has 0 aromatic carbocycles. The van der Waals surface area contributed by atoms with Gasteiger partial charge in [-0.2, -0.15) is 47.0 Å². The van der Waals surface area contributed by atoms with E-state index in [2.05, 4.69) is 36.0 Å². The van der Waals surface area contributed by atoms with Crippen LogP contribution in [0.15, 0.2) is 0 Å². The molecule has 0 nitrogen and oxygen atoms in total. The highest BCUT2D eigenvalue weighted by Gasteiger charge is 2.21. The molecule has 0 heterocycles. The Bertz CT molecular complexity index is 169. The molecule has 0 bridgehead atoms. The van der Waals surface area contributed by atoms with Gasteiger partial charge in [0.1, 0.15) is 0 Å². The average molecular weight is 325 g/mol. The van der Waals surface area contributed by atoms with Crippen molar-refractivity contribution in [2.45, 2.75) is 25.7 Å². The van der Waals surface area contributed by atoms with E-state index in [0.29, 0.717) is 0 Å². The molecule has 4 heteroatoms. The van der Waals surface area contributed by atoms with Crippen LogP contribution in [0.4, 0.5) is 0 Å². The molecule has 1 fully saturated rings. The maximum Gasteiger partial charge on any atom is 0.00235 e. The van der Waals surface area contributed by atoms with Crippen molar-refractivity contribution in [3.63, 3.8) is 0 Å². The van der Waals surface area contributed by atoms with Crippen molar-refractivity contribution in [2.24, 2.45) is 11.8 Å². The van der Waals surface area contributed by atoms with E-state index in [-0.39, 0.29) is 0 Å². The molecule has 0 amide bonds. The highest BCUT2D eigenvalue weighted by Crippen LogP contribution is 2.33. The van der Waals surface area contributed by atoms with Crippen LogP contribution >= 0.6 is 47.0 Å². The molecule has 2 atom stereocenters. The van der Waals surface area contributed by atoms with Gasteiger partial charge in [-0.3, -0.25) is 0 Å². The summed E-state index contributed by atoms with van der Waals surface area (Å²) in [4.78, 5) is 0. The second-order valence-corrected chi connectivity index (χ2v) is 9.30. The minimum Gasteiger partial charge on any atom is -0.165 e. The molecular weight excluding hydrogens is 296 g/mol. The van der Waals surface area contributed by atoms with Crippen molar-refractivity contribution in [3.8, 4) is 0 Å². The fourth-order valence-electron chi connectivity index (χ4n) is 2.49. The van der Waals surface area contributed by atoms with Crippen LogP contribution in [0.25, 0.3) is 0 Å². The Hall–Kier alpha value is 1.40. The molecule has 1 saturated carbocycles. The van der Waals surface area contributed by atoms with E-state index >= 15 is 0 Å². The van der Waals surface area contributed by atoms with Gasteiger partial charge in [0.05, 0.1) is 0 Å². The Morgan fingerprint density at radius 2 is 1.28 bits per heavy atom. The normalized spacial score (nSPS) is 24.3. The Labute approximate surface area is 131 Å². The molecule has 0 saturated heterocycles. The molecule has 0 aromatic heterocycles. The van der Waals surface area contributed by atoms with Crippen LogP contribution in [-0.2, 0) is 0 Å². The van der Waals surface area contributed by atoms with E-state index < -0.39 is 0 Å². The molecule has 1 rings (SSSR count). The summed E-state index contributed by atoms with van der Waals surface area (Å²) in [7, 11) is 0. The van der Waals surface area contributed by atoms with Crippen LogP contribution in [0.1, 0.15) is 25.7 Å². The quantitative estimate of drug-likeness (QED) is 0.519. The summed E-state index contributed by atoms with van der Waals surface area (Å²) < 4.78 is 0. The van der Waals surface area contributed by atoms with Gasteiger partial charge in [-0.1, -0.05) is 6.42 Å². The van der Waals surface area contributed by atoms with E-state index in [4.69, 9.17) is 0 Å². The lowest BCUT2D eigenvalue weighted by molar-refractivity contribution is 0.309. The molecule has 0 N–H and O–H groups in total. The number of thioether (sulfide) groups is 4. The zero-order chi connectivity index (χ0) is 13.1. The van der Waals surface area contributed by atoms with Gasteiger partial charge in [0.15, 0.2) is 0 Å². The van der Waals surface area contributed by atoms with Gasteiger partial charge >= 0.3 is 0 Å². The van der Waals surface area contributed by atoms with Crippen LogP contribution in [0.5, 0.6) is 0 Å². The number of rotatable bonds is 10. The van der Waals surface area contributed by atoms with E-state index in [1.165, 1.54) is 60.2 Å². The molecule has 108 valence electrons. The monoisotopic (exact) mass is 324 g/mol. The van der Waals surface area contributed by atoms with Gasteiger partial charge in [0, 0.05) is 23.0 Å². The first-order valence-corrected chi connectivity index (χ1v) is 12.1. The highest BCUT2D eigenvalue weighted by molar-refractivity contribution is 8.03. The van der Waals surface area contributed by atoms with Gasteiger partial charge in [-0.15, -0.1) is 0 Å². The maximum absolute atomic E-state index is 2.21. The summed E-state index contributed by atoms with van der Waals surface area (Å²) in [6, 6.07) is 0. The summed E-state index contributed by atoms with van der Waals surface area (Å²) in [5.41, 5.74) is 0. The SMILES string of the molecule is CSCCSCC1CCCC(CSCCSC)C1. The summed E-state index contributed by atoms with van der Waals surface area (Å²) in [5, 5.41) is 0. The molecule has 18 heavy (non-hydrogen) atoms. The molecule has 0 aromatic rings. The van der Waals surface area contributed by atoms with E-state index in [9.17, 15) is 0 Å². The van der Waals surface area contributed by atoms with Crippen molar-refractivity contribution in [1.29, 1.82) is 0 Å². The first kappa shape index (κ1) is 17.5. The lowest BCUT2D eigenvalue weighted by atomic mass is 9.83. The highest BCUT2D eigenvalue weighted by atomic mass is 32.2. The molecule has 1 aliphatic carbocycles. The van der Waals surface area contributed by atoms with Gasteiger partial charge in [-0.25, -0.2) is 0 Å². The van der Waals surface area contributed by atoms with Gasteiger partial charge < -0.3 is 0 Å². The van der Waals surface area contributed by atoms with Crippen molar-refractivity contribution < 1.29 is 0 Å². The van der Waals surface area contributed by atoms with Gasteiger partial charge in [0.25, 0.3) is 0 Å². The minimum atomic E-state index is 1.02. The van der Waals surface area contributed by atoms with Crippen molar-refractivity contribution in [3.05, 3.63) is 0 Å². The third-order valence-corrected chi connectivity index (χ3v) is 7.60. The first-order chi connectivity index (χ1) is 8.86. The molecule has 0 radical (unpaired) electrons. The van der Waals surface area contributed by atoms with Crippen molar-refractivity contribution in [2.75, 3.05) is 47.0 Å². The molecule has 0 spiro atoms. The first-order valence-electron chi connectivity index (χ1n) is 7.00. The Morgan fingerprint density at radius 1 is 0.778 bits per heavy atom. The second-order valence-electron chi connectivity index (χ2n) is 5.03. The Kier molecular flexibility index (Phi) is 11.8. The molecule has 0 aliphatic heterocycles. The van der Waals surface area contributed by atoms with Crippen molar-refractivity contribution >= 4 is 47.0 Å². The van der Waals surface area contributed by atoms with Crippen LogP contribution < -0.4 is 0 Å². The summed E-state index contributed by atoms with van der Waals surface area (Å²) in [5.74, 6) is 10.2. The topological polar surface area (TPSA) is 0 Å². The largest absolute Gasteiger partial charge is 0.165 e. The van der Waals surface area contributed by atoms with Gasteiger partial charge in [0.2, 0.25) is 0 Å². The minimum absolute atomic E-state index is 1.02. The van der Waals surface area contributed by atoms with E-state index in [1.54, 1.807) is 0 Å². The standard InChI is InChI=1S/C14H28S4/c1-15-6-8-17-11-13-4-3-5-14(10-13)12-18-9-7-16-2/h13-14H,3-12H2,1-2H3. The van der Waals surface area contributed by atoms with E-state index in [0.717, 1.165) is 11.8 Å². The lowest BCUT2D eigenvalue weighted by Crippen LogP contribution is -2.19. The van der Waals surface area contributed by atoms with Crippen LogP contribution in [-0.4, -0.2) is 47.0 Å². The zero-order valence-corrected chi connectivity index (χ0v) is 15.1. The van der Waals surface area contributed by atoms with Gasteiger partial charge in [-0.05, 0) is 55.1 Å². The fourth-order valence-corrected chi connectivity index (χ4v) is 6.37. The second kappa shape index (κ2) is 12.2. The Morgan fingerprint density at radius 3 is 1.72 bits per heavy atom. The fraction of sp³-hybridized carbons (Fsp3) is 1.00. The van der Waals surface area contributed by atoms with Crippen LogP contribution in [0, 0.1) is 11.8 Å². The van der Waals surface area contributed by atoms with E-state index in [1.807, 2.05) is 23.5 Å². The predicted octanol–water partition coefficient (Wildman–Crippen LogP) is 4.99. The molecule has 1 aliphatic rings. The van der Waals surface area contributed by atoms with Crippen LogP contribution in [0.2, 0.25) is 0 Å². The Balaban J connectivity index is 2.04. The number of hydrogen-bond donors (Lipinski definition) is 0. The smallest absolute Gasteiger partial charge is 0.00235 e. The predicted molar refractivity (Wildman–Crippen MR) is 96.9 cm³/mol. The summed E-state index contributed by atoms with van der Waals surface area (Å²) >= 11 is 8.33. The maximum atomic E-state index is 2.21. The van der Waals surface area contributed by atoms with Crippen LogP contribution in [0.3, 0.4) is 0 Å². The van der Waals surface area contributed by atoms with Crippen molar-refractivity contribution in [1.82, 2.24) is 0 Å². The zero-order valence-electron chi connectivity index (χ0n) is 11.9. The lowest BCUT2D eigenvalue weighted by Gasteiger charge is -2.28. The summed E-state index contributed by atoms with van der Waals surface area (Å²) in [6.07, 6.45) is 10.4. The third kappa shape index (κ3) is 8.55. The number of hydrogen-bond acceptors (Lipinski definition) is 4. The molecular formula is C14H28S4.